The molecule has 1 aliphatic rings. The number of nitrogens with zero attached hydrogens (tertiary/aromatic N) is 3. The number of aromatic carboxylic acids is 1. The first-order valence-corrected chi connectivity index (χ1v) is 9.83. The molecular weight excluding hydrogens is 382 g/mol. The predicted octanol–water partition coefficient (Wildman–Crippen LogP) is 3.13. The molecule has 30 heavy (non-hydrogen) atoms. The van der Waals surface area contributed by atoms with E-state index in [1.54, 1.807) is 6.07 Å². The summed E-state index contributed by atoms with van der Waals surface area (Å²) in [6.07, 6.45) is 0. The van der Waals surface area contributed by atoms with Gasteiger partial charge in [0.15, 0.2) is 0 Å². The number of imidazole rings is 1. The predicted molar refractivity (Wildman–Crippen MR) is 115 cm³/mol. The Balaban J connectivity index is 1.75. The van der Waals surface area contributed by atoms with Crippen LogP contribution in [0.2, 0.25) is 0 Å². The van der Waals surface area contributed by atoms with Gasteiger partial charge in [-0.1, -0.05) is 18.2 Å². The standard InChI is InChI=1S/C23H17N3O4/c27-22-16-5-7-18(25-8-10-30-11-9-25)14-2-1-3-15(20(14)16)21-24-17-6-4-13(23(28)29)12-19(17)26(21)22/h1-7,12H,8-11H2,(H,28,29). The molecule has 1 N–H and O–H groups in total. The highest BCUT2D eigenvalue weighted by atomic mass is 16.5. The van der Waals surface area contributed by atoms with Crippen molar-refractivity contribution in [2.75, 3.05) is 31.2 Å². The second-order valence-corrected chi connectivity index (χ2v) is 7.54. The van der Waals surface area contributed by atoms with E-state index in [-0.39, 0.29) is 11.1 Å². The molecule has 148 valence electrons. The fourth-order valence-corrected chi connectivity index (χ4v) is 4.55. The van der Waals surface area contributed by atoms with Crippen LogP contribution in [0.5, 0.6) is 0 Å². The fraction of sp³-hybridized carbons (Fsp3) is 0.174. The number of benzene rings is 3. The number of aromatic nitrogens is 2. The minimum Gasteiger partial charge on any atom is -0.478 e. The zero-order valence-electron chi connectivity index (χ0n) is 16.0. The monoisotopic (exact) mass is 399 g/mol. The molecule has 0 bridgehead atoms. The Hall–Kier alpha value is -3.71. The molecule has 6 rings (SSSR count). The summed E-state index contributed by atoms with van der Waals surface area (Å²) in [4.78, 5) is 31.9. The molecule has 1 fully saturated rings. The molecule has 1 aliphatic heterocycles. The van der Waals surface area contributed by atoms with Gasteiger partial charge in [-0.25, -0.2) is 9.78 Å². The Morgan fingerprint density at radius 3 is 2.60 bits per heavy atom. The van der Waals surface area contributed by atoms with E-state index in [0.717, 1.165) is 34.9 Å². The first kappa shape index (κ1) is 17.2. The Morgan fingerprint density at radius 2 is 1.80 bits per heavy atom. The van der Waals surface area contributed by atoms with E-state index in [1.807, 2.05) is 30.3 Å². The van der Waals surface area contributed by atoms with Gasteiger partial charge in [-0.15, -0.1) is 0 Å². The van der Waals surface area contributed by atoms with Crippen LogP contribution in [0.25, 0.3) is 38.2 Å². The van der Waals surface area contributed by atoms with Crippen molar-refractivity contribution in [2.45, 2.75) is 0 Å². The summed E-state index contributed by atoms with van der Waals surface area (Å²) in [6.45, 7) is 2.99. The number of carboxylic acids is 1. The second-order valence-electron chi connectivity index (χ2n) is 7.54. The Labute approximate surface area is 170 Å². The third kappa shape index (κ3) is 2.26. The molecule has 0 atom stereocenters. The molecule has 1 saturated heterocycles. The number of carbonyl (C=O) groups is 1. The van der Waals surface area contributed by atoms with Crippen molar-refractivity contribution < 1.29 is 14.6 Å². The Kier molecular flexibility index (Phi) is 3.52. The van der Waals surface area contributed by atoms with Gasteiger partial charge in [-0.05, 0) is 30.3 Å². The fourth-order valence-electron chi connectivity index (χ4n) is 4.55. The maximum atomic E-state index is 13.5. The van der Waals surface area contributed by atoms with Crippen molar-refractivity contribution in [3.63, 3.8) is 0 Å². The molecule has 0 radical (unpaired) electrons. The third-order valence-electron chi connectivity index (χ3n) is 5.95. The van der Waals surface area contributed by atoms with E-state index < -0.39 is 5.97 Å². The van der Waals surface area contributed by atoms with Crippen molar-refractivity contribution >= 4 is 49.9 Å². The Bertz CT molecular complexity index is 1530. The zero-order chi connectivity index (χ0) is 20.4. The second kappa shape index (κ2) is 6.14. The van der Waals surface area contributed by atoms with Gasteiger partial charge in [-0.2, -0.15) is 0 Å². The topological polar surface area (TPSA) is 84.1 Å². The van der Waals surface area contributed by atoms with E-state index in [0.29, 0.717) is 35.3 Å². The van der Waals surface area contributed by atoms with E-state index in [4.69, 9.17) is 4.74 Å². The van der Waals surface area contributed by atoms with Crippen LogP contribution < -0.4 is 10.5 Å². The first-order valence-electron chi connectivity index (χ1n) is 9.83. The first-order chi connectivity index (χ1) is 14.6. The van der Waals surface area contributed by atoms with Crippen molar-refractivity contribution in [3.05, 3.63) is 64.4 Å². The van der Waals surface area contributed by atoms with Crippen LogP contribution in [-0.2, 0) is 4.74 Å². The van der Waals surface area contributed by atoms with E-state index in [2.05, 4.69) is 9.88 Å². The van der Waals surface area contributed by atoms with Crippen LogP contribution in [0, 0.1) is 0 Å². The van der Waals surface area contributed by atoms with Crippen molar-refractivity contribution in [3.8, 4) is 0 Å². The zero-order valence-corrected chi connectivity index (χ0v) is 16.0. The molecule has 0 amide bonds. The van der Waals surface area contributed by atoms with Crippen LogP contribution in [0.4, 0.5) is 5.69 Å². The summed E-state index contributed by atoms with van der Waals surface area (Å²) in [5.74, 6) is -1.03. The number of rotatable bonds is 2. The molecular formula is C23H17N3O4. The van der Waals surface area contributed by atoms with Crippen LogP contribution in [-0.4, -0.2) is 46.8 Å². The molecule has 0 aliphatic carbocycles. The van der Waals surface area contributed by atoms with Gasteiger partial charge in [0.05, 0.1) is 29.8 Å². The highest BCUT2D eigenvalue weighted by molar-refractivity contribution is 6.18. The quantitative estimate of drug-likeness (QED) is 0.491. The number of hydrogen-bond acceptors (Lipinski definition) is 5. The van der Waals surface area contributed by atoms with Gasteiger partial charge >= 0.3 is 5.97 Å². The molecule has 0 saturated carbocycles. The number of hydrogen-bond donors (Lipinski definition) is 1. The lowest BCUT2D eigenvalue weighted by molar-refractivity contribution is 0.0697. The Morgan fingerprint density at radius 1 is 1.00 bits per heavy atom. The number of carboxylic acid groups (broad SMARTS) is 1. The SMILES string of the molecule is O=C(O)c1ccc2nc3c4cccc5c(N6CCOCC6)ccc(c(=O)n3c2c1)c54. The number of fused-ring (bicyclic) bond motifs is 4. The highest BCUT2D eigenvalue weighted by Crippen LogP contribution is 2.35. The summed E-state index contributed by atoms with van der Waals surface area (Å²) >= 11 is 0. The van der Waals surface area contributed by atoms with Gasteiger partial charge in [0.25, 0.3) is 5.56 Å². The van der Waals surface area contributed by atoms with Gasteiger partial charge in [0.2, 0.25) is 0 Å². The summed E-state index contributed by atoms with van der Waals surface area (Å²) in [7, 11) is 0. The smallest absolute Gasteiger partial charge is 0.335 e. The molecule has 0 unspecified atom stereocenters. The largest absolute Gasteiger partial charge is 0.478 e. The van der Waals surface area contributed by atoms with Crippen LogP contribution in [0.15, 0.2) is 53.3 Å². The summed E-state index contributed by atoms with van der Waals surface area (Å²) < 4.78 is 7.02. The van der Waals surface area contributed by atoms with Gasteiger partial charge in [-0.3, -0.25) is 9.20 Å². The molecule has 3 aromatic carbocycles. The normalized spacial score (nSPS) is 15.0. The minimum absolute atomic E-state index is 0.129. The molecule has 7 heteroatoms. The van der Waals surface area contributed by atoms with Gasteiger partial charge in [0, 0.05) is 40.3 Å². The molecule has 7 nitrogen and oxygen atoms in total. The lowest BCUT2D eigenvalue weighted by Crippen LogP contribution is -2.36. The minimum atomic E-state index is -1.03. The van der Waals surface area contributed by atoms with E-state index >= 15 is 0 Å². The van der Waals surface area contributed by atoms with Crippen LogP contribution in [0.1, 0.15) is 10.4 Å². The van der Waals surface area contributed by atoms with Crippen LogP contribution in [0.3, 0.4) is 0 Å². The van der Waals surface area contributed by atoms with E-state index in [1.165, 1.54) is 16.5 Å². The summed E-state index contributed by atoms with van der Waals surface area (Å²) in [6, 6.07) is 14.5. The molecule has 3 heterocycles. The molecule has 5 aromatic rings. The van der Waals surface area contributed by atoms with Gasteiger partial charge < -0.3 is 14.7 Å². The van der Waals surface area contributed by atoms with Gasteiger partial charge in [0.1, 0.15) is 5.65 Å². The maximum Gasteiger partial charge on any atom is 0.335 e. The molecule has 0 spiro atoms. The number of anilines is 1. The van der Waals surface area contributed by atoms with E-state index in [9.17, 15) is 14.7 Å². The number of ether oxygens (including phenoxy) is 1. The summed E-state index contributed by atoms with van der Waals surface area (Å²) in [5.41, 5.74) is 2.69. The average Bonchev–Trinajstić information content (AvgIpc) is 3.17. The lowest BCUT2D eigenvalue weighted by atomic mass is 10.00. The van der Waals surface area contributed by atoms with Crippen LogP contribution >= 0.6 is 0 Å². The average molecular weight is 399 g/mol. The number of morpholine rings is 1. The lowest BCUT2D eigenvalue weighted by Gasteiger charge is -2.30. The van der Waals surface area contributed by atoms with Crippen molar-refractivity contribution in [2.24, 2.45) is 0 Å². The van der Waals surface area contributed by atoms with Crippen molar-refractivity contribution in [1.29, 1.82) is 0 Å². The van der Waals surface area contributed by atoms with Crippen molar-refractivity contribution in [1.82, 2.24) is 9.38 Å². The highest BCUT2D eigenvalue weighted by Gasteiger charge is 2.20. The number of pyridine rings is 1. The summed E-state index contributed by atoms with van der Waals surface area (Å²) in [5, 5.41) is 12.8. The third-order valence-corrected chi connectivity index (χ3v) is 5.95. The molecule has 2 aromatic heterocycles. The maximum absolute atomic E-state index is 13.5.